The Bertz CT molecular complexity index is 896. The molecule has 1 N–H and O–H groups in total. The molecule has 5 heteroatoms. The van der Waals surface area contributed by atoms with Crippen LogP contribution in [0.5, 0.6) is 5.75 Å². The second kappa shape index (κ2) is 10.7. The molecule has 3 rings (SSSR count). The minimum Gasteiger partial charge on any atom is -0.481 e. The number of piperidine rings is 1. The molecule has 1 aliphatic heterocycles. The van der Waals surface area contributed by atoms with Crippen LogP contribution in [0, 0.1) is 0 Å². The van der Waals surface area contributed by atoms with Crippen molar-refractivity contribution in [1.82, 2.24) is 10.2 Å². The molecule has 0 radical (unpaired) electrons. The van der Waals surface area contributed by atoms with Crippen LogP contribution in [-0.2, 0) is 4.79 Å². The van der Waals surface area contributed by atoms with Gasteiger partial charge in [-0.15, -0.1) is 0 Å². The molecule has 2 amide bonds. The molecule has 0 saturated carbocycles. The number of hydrogen-bond donors (Lipinski definition) is 1. The van der Waals surface area contributed by atoms with Crippen LogP contribution < -0.4 is 10.1 Å². The molecular weight excluding hydrogens is 400 g/mol. The molecule has 32 heavy (non-hydrogen) atoms. The Hall–Kier alpha value is -2.82. The first kappa shape index (κ1) is 23.8. The first-order chi connectivity index (χ1) is 15.2. The summed E-state index contributed by atoms with van der Waals surface area (Å²) >= 11 is 0. The molecule has 5 nitrogen and oxygen atoms in total. The van der Waals surface area contributed by atoms with Crippen LogP contribution in [0.3, 0.4) is 0 Å². The van der Waals surface area contributed by atoms with E-state index in [2.05, 4.69) is 33.0 Å². The zero-order valence-corrected chi connectivity index (χ0v) is 19.9. The number of rotatable bonds is 7. The fourth-order valence-electron chi connectivity index (χ4n) is 3.98. The molecule has 1 heterocycles. The summed E-state index contributed by atoms with van der Waals surface area (Å²) in [6, 6.07) is 15.8. The summed E-state index contributed by atoms with van der Waals surface area (Å²) in [5, 5.41) is 3.12. The van der Waals surface area contributed by atoms with Crippen LogP contribution in [0.1, 0.15) is 80.8 Å². The van der Waals surface area contributed by atoms with Crippen molar-refractivity contribution in [3.63, 3.8) is 0 Å². The molecule has 0 bridgehead atoms. The number of carbonyl (C=O) groups is 2. The molecule has 172 valence electrons. The van der Waals surface area contributed by atoms with Crippen molar-refractivity contribution in [2.45, 2.75) is 71.4 Å². The van der Waals surface area contributed by atoms with Gasteiger partial charge < -0.3 is 15.0 Å². The topological polar surface area (TPSA) is 58.6 Å². The Kier molecular flexibility index (Phi) is 7.94. The fourth-order valence-corrected chi connectivity index (χ4v) is 3.98. The summed E-state index contributed by atoms with van der Waals surface area (Å²) < 4.78 is 5.88. The number of nitrogens with one attached hydrogen (secondary N) is 1. The molecule has 2 aromatic rings. The normalized spacial score (nSPS) is 15.7. The molecule has 0 aliphatic carbocycles. The van der Waals surface area contributed by atoms with E-state index in [0.717, 1.165) is 12.8 Å². The van der Waals surface area contributed by atoms with Gasteiger partial charge in [0, 0.05) is 24.7 Å². The largest absolute Gasteiger partial charge is 0.481 e. The average molecular weight is 437 g/mol. The average Bonchev–Trinajstić information content (AvgIpc) is 2.79. The number of carbonyl (C=O) groups excluding carboxylic acids is 2. The van der Waals surface area contributed by atoms with E-state index >= 15 is 0 Å². The maximum absolute atomic E-state index is 12.8. The van der Waals surface area contributed by atoms with E-state index in [1.807, 2.05) is 53.4 Å². The standard InChI is InChI=1S/C27H36N2O3/c1-18(2)21-6-8-23(9-7-21)26(30)28-24-14-16-29(17-15-24)27(31)20(5)32-25-12-10-22(11-13-25)19(3)4/h6-13,18-20,24H,14-17H2,1-5H3,(H,28,30). The van der Waals surface area contributed by atoms with Crippen molar-refractivity contribution >= 4 is 11.8 Å². The highest BCUT2D eigenvalue weighted by Crippen LogP contribution is 2.21. The Morgan fingerprint density at radius 1 is 0.844 bits per heavy atom. The van der Waals surface area contributed by atoms with Crippen molar-refractivity contribution in [2.75, 3.05) is 13.1 Å². The van der Waals surface area contributed by atoms with Crippen molar-refractivity contribution < 1.29 is 14.3 Å². The van der Waals surface area contributed by atoms with Gasteiger partial charge in [0.05, 0.1) is 0 Å². The number of benzene rings is 2. The monoisotopic (exact) mass is 436 g/mol. The number of nitrogens with zero attached hydrogens (tertiary/aromatic N) is 1. The first-order valence-corrected chi connectivity index (χ1v) is 11.7. The highest BCUT2D eigenvalue weighted by atomic mass is 16.5. The summed E-state index contributed by atoms with van der Waals surface area (Å²) in [5.74, 6) is 1.56. The number of hydrogen-bond acceptors (Lipinski definition) is 3. The fraction of sp³-hybridized carbons (Fsp3) is 0.481. The first-order valence-electron chi connectivity index (χ1n) is 11.7. The Balaban J connectivity index is 1.46. The van der Waals surface area contributed by atoms with Crippen molar-refractivity contribution in [1.29, 1.82) is 0 Å². The SMILES string of the molecule is CC(Oc1ccc(C(C)C)cc1)C(=O)N1CCC(NC(=O)c2ccc(C(C)C)cc2)CC1. The van der Waals surface area contributed by atoms with Crippen LogP contribution in [0.25, 0.3) is 0 Å². The van der Waals surface area contributed by atoms with Gasteiger partial charge in [-0.25, -0.2) is 0 Å². The summed E-state index contributed by atoms with van der Waals surface area (Å²) in [4.78, 5) is 27.2. The zero-order chi connectivity index (χ0) is 23.3. The van der Waals surface area contributed by atoms with E-state index in [0.29, 0.717) is 36.2 Å². The van der Waals surface area contributed by atoms with Gasteiger partial charge in [-0.05, 0) is 67.0 Å². The predicted molar refractivity (Wildman–Crippen MR) is 128 cm³/mol. The summed E-state index contributed by atoms with van der Waals surface area (Å²) in [6.07, 6.45) is 0.958. The Morgan fingerprint density at radius 3 is 1.84 bits per heavy atom. The lowest BCUT2D eigenvalue weighted by Gasteiger charge is -2.34. The van der Waals surface area contributed by atoms with Gasteiger partial charge in [0.2, 0.25) is 0 Å². The van der Waals surface area contributed by atoms with Gasteiger partial charge in [-0.3, -0.25) is 9.59 Å². The molecule has 1 atom stereocenters. The van der Waals surface area contributed by atoms with Crippen LogP contribution in [0.4, 0.5) is 0 Å². The molecule has 1 saturated heterocycles. The van der Waals surface area contributed by atoms with E-state index in [4.69, 9.17) is 4.74 Å². The zero-order valence-electron chi connectivity index (χ0n) is 19.9. The molecule has 0 aromatic heterocycles. The van der Waals surface area contributed by atoms with Crippen LogP contribution in [-0.4, -0.2) is 41.9 Å². The van der Waals surface area contributed by atoms with E-state index in [9.17, 15) is 9.59 Å². The van der Waals surface area contributed by atoms with Gasteiger partial charge in [-0.2, -0.15) is 0 Å². The van der Waals surface area contributed by atoms with Gasteiger partial charge >= 0.3 is 0 Å². The second-order valence-electron chi connectivity index (χ2n) is 9.33. The lowest BCUT2D eigenvalue weighted by molar-refractivity contribution is -0.139. The van der Waals surface area contributed by atoms with Gasteiger partial charge in [-0.1, -0.05) is 52.0 Å². The lowest BCUT2D eigenvalue weighted by atomic mass is 10.0. The highest BCUT2D eigenvalue weighted by molar-refractivity contribution is 5.94. The second-order valence-corrected chi connectivity index (χ2v) is 9.33. The third-order valence-electron chi connectivity index (χ3n) is 6.19. The Morgan fingerprint density at radius 2 is 1.34 bits per heavy atom. The van der Waals surface area contributed by atoms with E-state index in [1.165, 1.54) is 11.1 Å². The molecule has 0 spiro atoms. The number of amides is 2. The Labute approximate surface area is 192 Å². The summed E-state index contributed by atoms with van der Waals surface area (Å²) in [6.45, 7) is 11.6. The van der Waals surface area contributed by atoms with E-state index in [1.54, 1.807) is 6.92 Å². The van der Waals surface area contributed by atoms with Gasteiger partial charge in [0.15, 0.2) is 6.10 Å². The summed E-state index contributed by atoms with van der Waals surface area (Å²) in [7, 11) is 0. The van der Waals surface area contributed by atoms with Crippen LogP contribution in [0.2, 0.25) is 0 Å². The third-order valence-corrected chi connectivity index (χ3v) is 6.19. The van der Waals surface area contributed by atoms with Crippen LogP contribution in [0.15, 0.2) is 48.5 Å². The number of likely N-dealkylation sites (tertiary alicyclic amines) is 1. The summed E-state index contributed by atoms with van der Waals surface area (Å²) in [5.41, 5.74) is 3.15. The minimum absolute atomic E-state index is 0.00742. The molecule has 1 fully saturated rings. The lowest BCUT2D eigenvalue weighted by Crippen LogP contribution is -2.49. The maximum atomic E-state index is 12.8. The van der Waals surface area contributed by atoms with E-state index < -0.39 is 6.10 Å². The smallest absolute Gasteiger partial charge is 0.263 e. The highest BCUT2D eigenvalue weighted by Gasteiger charge is 2.28. The van der Waals surface area contributed by atoms with E-state index in [-0.39, 0.29) is 17.9 Å². The minimum atomic E-state index is -0.537. The van der Waals surface area contributed by atoms with Crippen molar-refractivity contribution in [3.8, 4) is 5.75 Å². The molecule has 1 unspecified atom stereocenters. The number of ether oxygens (including phenoxy) is 1. The van der Waals surface area contributed by atoms with Crippen molar-refractivity contribution in [2.24, 2.45) is 0 Å². The van der Waals surface area contributed by atoms with Gasteiger partial charge in [0.1, 0.15) is 5.75 Å². The molecule has 2 aromatic carbocycles. The molecule has 1 aliphatic rings. The van der Waals surface area contributed by atoms with Crippen molar-refractivity contribution in [3.05, 3.63) is 65.2 Å². The molecular formula is C27H36N2O3. The van der Waals surface area contributed by atoms with Crippen LogP contribution >= 0.6 is 0 Å². The maximum Gasteiger partial charge on any atom is 0.263 e. The quantitative estimate of drug-likeness (QED) is 0.655. The third kappa shape index (κ3) is 6.12. The van der Waals surface area contributed by atoms with Gasteiger partial charge in [0.25, 0.3) is 11.8 Å². The predicted octanol–water partition coefficient (Wildman–Crippen LogP) is 5.12.